The molecule has 0 fully saturated rings. The number of hydrogen-bond acceptors (Lipinski definition) is 8. The molecule has 0 amide bonds. The van der Waals surface area contributed by atoms with Crippen LogP contribution >= 0.6 is 11.3 Å². The molecule has 2 heterocycles. The van der Waals surface area contributed by atoms with Gasteiger partial charge in [-0.1, -0.05) is 0 Å². The summed E-state index contributed by atoms with van der Waals surface area (Å²) in [6, 6.07) is 9.54. The molecule has 2 aromatic heterocycles. The number of rotatable bonds is 6. The molecule has 0 saturated heterocycles. The van der Waals surface area contributed by atoms with E-state index in [4.69, 9.17) is 4.74 Å². The number of methoxy groups -OCH3 is 1. The number of aromatic nitrogens is 4. The summed E-state index contributed by atoms with van der Waals surface area (Å²) in [5.74, 6) is 1.21. The van der Waals surface area contributed by atoms with Gasteiger partial charge in [-0.05, 0) is 49.2 Å². The van der Waals surface area contributed by atoms with Crippen LogP contribution in [0.25, 0.3) is 21.5 Å². The van der Waals surface area contributed by atoms with Gasteiger partial charge in [-0.3, -0.25) is 4.79 Å². The van der Waals surface area contributed by atoms with Crippen LogP contribution in [-0.2, 0) is 6.54 Å². The fourth-order valence-corrected chi connectivity index (χ4v) is 4.17. The third-order valence-corrected chi connectivity index (χ3v) is 5.58. The van der Waals surface area contributed by atoms with Crippen LogP contribution in [0, 0.1) is 13.8 Å². The number of benzene rings is 2. The monoisotopic (exact) mass is 405 g/mol. The predicted molar refractivity (Wildman–Crippen MR) is 114 cm³/mol. The first kappa shape index (κ1) is 18.9. The van der Waals surface area contributed by atoms with E-state index in [2.05, 4.69) is 25.5 Å². The smallest absolute Gasteiger partial charge is 0.243 e. The van der Waals surface area contributed by atoms with Crippen LogP contribution in [0.5, 0.6) is 5.75 Å². The summed E-state index contributed by atoms with van der Waals surface area (Å²) in [5.41, 5.74) is 5.17. The molecule has 29 heavy (non-hydrogen) atoms. The second-order valence-corrected chi connectivity index (χ2v) is 7.72. The van der Waals surface area contributed by atoms with Gasteiger partial charge in [0.15, 0.2) is 0 Å². The Bertz CT molecular complexity index is 1180. The summed E-state index contributed by atoms with van der Waals surface area (Å²) in [6.45, 7) is 4.41. The second-order valence-electron chi connectivity index (χ2n) is 6.61. The number of ether oxygens (including phenoxy) is 1. The predicted octanol–water partition coefficient (Wildman–Crippen LogP) is 4.20. The SMILES string of the molecule is COc1ccc2sc(CNc3nncc(-c4c(C)cc(C=O)cc4C)n3)nc2c1. The maximum atomic E-state index is 11.1. The number of hydrogen-bond donors (Lipinski definition) is 1. The Hall–Kier alpha value is -3.39. The van der Waals surface area contributed by atoms with Gasteiger partial charge >= 0.3 is 0 Å². The first-order valence-electron chi connectivity index (χ1n) is 9.01. The van der Waals surface area contributed by atoms with Crippen molar-refractivity contribution in [2.45, 2.75) is 20.4 Å². The van der Waals surface area contributed by atoms with E-state index in [1.807, 2.05) is 44.2 Å². The molecule has 2 aromatic carbocycles. The highest BCUT2D eigenvalue weighted by atomic mass is 32.1. The van der Waals surface area contributed by atoms with E-state index in [1.165, 1.54) is 0 Å². The number of aldehydes is 1. The van der Waals surface area contributed by atoms with Crippen LogP contribution < -0.4 is 10.1 Å². The maximum Gasteiger partial charge on any atom is 0.243 e. The van der Waals surface area contributed by atoms with E-state index >= 15 is 0 Å². The Morgan fingerprint density at radius 1 is 1.14 bits per heavy atom. The van der Waals surface area contributed by atoms with E-state index in [9.17, 15) is 4.79 Å². The lowest BCUT2D eigenvalue weighted by atomic mass is 9.97. The van der Waals surface area contributed by atoms with Gasteiger partial charge in [0.1, 0.15) is 17.0 Å². The quantitative estimate of drug-likeness (QED) is 0.481. The number of aryl methyl sites for hydroxylation is 2. The Morgan fingerprint density at radius 2 is 1.93 bits per heavy atom. The van der Waals surface area contributed by atoms with E-state index in [-0.39, 0.29) is 0 Å². The number of nitrogens with one attached hydrogen (secondary N) is 1. The van der Waals surface area contributed by atoms with E-state index in [0.29, 0.717) is 23.8 Å². The molecule has 7 nitrogen and oxygen atoms in total. The van der Waals surface area contributed by atoms with Gasteiger partial charge in [0.25, 0.3) is 0 Å². The minimum atomic E-state index is 0.428. The number of fused-ring (bicyclic) bond motifs is 1. The van der Waals surface area contributed by atoms with Crippen molar-refractivity contribution >= 4 is 33.8 Å². The van der Waals surface area contributed by atoms with Crippen molar-refractivity contribution in [3.05, 3.63) is 58.2 Å². The highest BCUT2D eigenvalue weighted by Crippen LogP contribution is 2.28. The molecule has 4 rings (SSSR count). The number of anilines is 1. The molecular weight excluding hydrogens is 386 g/mol. The molecule has 1 N–H and O–H groups in total. The molecule has 0 aliphatic rings. The minimum absolute atomic E-state index is 0.428. The van der Waals surface area contributed by atoms with Crippen molar-refractivity contribution in [3.63, 3.8) is 0 Å². The lowest BCUT2D eigenvalue weighted by molar-refractivity contribution is 0.112. The molecule has 0 atom stereocenters. The van der Waals surface area contributed by atoms with Crippen molar-refractivity contribution in [3.8, 4) is 17.0 Å². The number of thiazole rings is 1. The molecule has 0 radical (unpaired) electrons. The zero-order chi connectivity index (χ0) is 20.4. The highest BCUT2D eigenvalue weighted by Gasteiger charge is 2.12. The minimum Gasteiger partial charge on any atom is -0.497 e. The molecule has 8 heteroatoms. The Labute approximate surface area is 171 Å². The summed E-state index contributed by atoms with van der Waals surface area (Å²) in [4.78, 5) is 20.3. The maximum absolute atomic E-state index is 11.1. The fourth-order valence-electron chi connectivity index (χ4n) is 3.28. The van der Waals surface area contributed by atoms with Gasteiger partial charge in [-0.25, -0.2) is 9.97 Å². The van der Waals surface area contributed by atoms with Crippen molar-refractivity contribution in [1.82, 2.24) is 20.2 Å². The standard InChI is InChI=1S/C21H19N5O2S/c1-12-6-14(11-27)7-13(2)20(12)17-9-23-26-21(25-17)22-10-19-24-16-8-15(28-3)4-5-18(16)29-19/h4-9,11H,10H2,1-3H3,(H,22,25,26). The van der Waals surface area contributed by atoms with E-state index in [0.717, 1.165) is 44.0 Å². The van der Waals surface area contributed by atoms with Gasteiger partial charge in [0.2, 0.25) is 5.95 Å². The number of carbonyl (C=O) groups excluding carboxylic acids is 1. The first-order valence-corrected chi connectivity index (χ1v) is 9.83. The van der Waals surface area contributed by atoms with Crippen LogP contribution in [0.3, 0.4) is 0 Å². The lowest BCUT2D eigenvalue weighted by Gasteiger charge is -2.11. The Kier molecular flexibility index (Phi) is 5.18. The Morgan fingerprint density at radius 3 is 2.66 bits per heavy atom. The fraction of sp³-hybridized carbons (Fsp3) is 0.190. The molecule has 4 aromatic rings. The van der Waals surface area contributed by atoms with Crippen molar-refractivity contribution in [2.24, 2.45) is 0 Å². The van der Waals surface area contributed by atoms with Gasteiger partial charge in [-0.2, -0.15) is 5.10 Å². The topological polar surface area (TPSA) is 89.9 Å². The van der Waals surface area contributed by atoms with Gasteiger partial charge in [0.05, 0.1) is 35.8 Å². The van der Waals surface area contributed by atoms with E-state index < -0.39 is 0 Å². The summed E-state index contributed by atoms with van der Waals surface area (Å²) in [7, 11) is 1.64. The first-order chi connectivity index (χ1) is 14.1. The Balaban J connectivity index is 1.56. The molecular formula is C21H19N5O2S. The van der Waals surface area contributed by atoms with Crippen LogP contribution in [0.1, 0.15) is 26.5 Å². The summed E-state index contributed by atoms with van der Waals surface area (Å²) in [5, 5.41) is 12.3. The van der Waals surface area contributed by atoms with Crippen molar-refractivity contribution in [2.75, 3.05) is 12.4 Å². The third kappa shape index (κ3) is 3.93. The number of carbonyl (C=O) groups is 1. The zero-order valence-electron chi connectivity index (χ0n) is 16.3. The second kappa shape index (κ2) is 7.92. The van der Waals surface area contributed by atoms with Crippen LogP contribution in [0.15, 0.2) is 36.5 Å². The largest absolute Gasteiger partial charge is 0.497 e. The number of nitrogens with zero attached hydrogens (tertiary/aromatic N) is 4. The van der Waals surface area contributed by atoms with Crippen molar-refractivity contribution in [1.29, 1.82) is 0 Å². The molecule has 0 unspecified atom stereocenters. The lowest BCUT2D eigenvalue weighted by Crippen LogP contribution is -2.06. The molecule has 0 saturated carbocycles. The zero-order valence-corrected chi connectivity index (χ0v) is 17.1. The normalized spacial score (nSPS) is 10.9. The van der Waals surface area contributed by atoms with Crippen LogP contribution in [0.2, 0.25) is 0 Å². The van der Waals surface area contributed by atoms with Crippen LogP contribution in [-0.4, -0.2) is 33.6 Å². The average molecular weight is 405 g/mol. The third-order valence-electron chi connectivity index (χ3n) is 4.54. The molecule has 0 spiro atoms. The molecule has 0 aliphatic carbocycles. The van der Waals surface area contributed by atoms with Crippen LogP contribution in [0.4, 0.5) is 5.95 Å². The summed E-state index contributed by atoms with van der Waals surface area (Å²) in [6.07, 6.45) is 2.48. The van der Waals surface area contributed by atoms with Gasteiger partial charge in [-0.15, -0.1) is 16.4 Å². The molecule has 0 bridgehead atoms. The summed E-state index contributed by atoms with van der Waals surface area (Å²) >= 11 is 1.61. The molecule has 146 valence electrons. The molecule has 0 aliphatic heterocycles. The highest BCUT2D eigenvalue weighted by molar-refractivity contribution is 7.18. The van der Waals surface area contributed by atoms with Gasteiger partial charge in [0, 0.05) is 17.2 Å². The van der Waals surface area contributed by atoms with E-state index in [1.54, 1.807) is 24.6 Å². The summed E-state index contributed by atoms with van der Waals surface area (Å²) < 4.78 is 6.35. The average Bonchev–Trinajstić information content (AvgIpc) is 3.14. The van der Waals surface area contributed by atoms with Crippen molar-refractivity contribution < 1.29 is 9.53 Å². The van der Waals surface area contributed by atoms with Gasteiger partial charge < -0.3 is 10.1 Å².